The number of amidine groups is 1. The molecule has 1 atom stereocenters. The summed E-state index contributed by atoms with van der Waals surface area (Å²) < 4.78 is 5.69. The molecule has 2 aliphatic heterocycles. The van der Waals surface area contributed by atoms with Crippen LogP contribution in [0, 0.1) is 0 Å². The normalized spacial score (nSPS) is 17.3. The first-order valence-corrected chi connectivity index (χ1v) is 11.9. The Bertz CT molecular complexity index is 1160. The summed E-state index contributed by atoms with van der Waals surface area (Å²) >= 11 is 7.75. The van der Waals surface area contributed by atoms with Gasteiger partial charge in [-0.05, 0) is 42.5 Å². The van der Waals surface area contributed by atoms with E-state index >= 15 is 0 Å². The van der Waals surface area contributed by atoms with Gasteiger partial charge in [-0.25, -0.2) is 9.79 Å². The van der Waals surface area contributed by atoms with Crippen molar-refractivity contribution in [1.29, 1.82) is 0 Å². The molecule has 0 fully saturated rings. The number of carbonyl (C=O) groups excluding carboxylic acids is 2. The van der Waals surface area contributed by atoms with E-state index in [0.29, 0.717) is 22.8 Å². The van der Waals surface area contributed by atoms with Gasteiger partial charge in [0.15, 0.2) is 5.17 Å². The van der Waals surface area contributed by atoms with Gasteiger partial charge in [-0.1, -0.05) is 65.8 Å². The summed E-state index contributed by atoms with van der Waals surface area (Å²) in [5, 5.41) is 6.03. The second-order valence-corrected chi connectivity index (χ2v) is 8.91. The number of fused-ring (bicyclic) bond motifs is 1. The molecule has 1 amide bonds. The average Bonchev–Trinajstić information content (AvgIpc) is 3.19. The van der Waals surface area contributed by atoms with Crippen molar-refractivity contribution in [2.45, 2.75) is 32.9 Å². The fraction of sp³-hybridized carbons (Fsp3) is 0.240. The van der Waals surface area contributed by atoms with Gasteiger partial charge in [0.25, 0.3) is 0 Å². The molecule has 2 aliphatic rings. The summed E-state index contributed by atoms with van der Waals surface area (Å²) in [5.74, 6) is -0.534. The third-order valence-corrected chi connectivity index (χ3v) is 6.44. The van der Waals surface area contributed by atoms with Crippen LogP contribution in [0.5, 0.6) is 0 Å². The van der Waals surface area contributed by atoms with Gasteiger partial charge < -0.3 is 15.0 Å². The van der Waals surface area contributed by atoms with E-state index in [1.807, 2.05) is 72.7 Å². The highest BCUT2D eigenvalue weighted by atomic mass is 35.5. The molecule has 2 aromatic carbocycles. The molecule has 0 aliphatic carbocycles. The minimum Gasteiger partial charge on any atom is -0.457 e. The van der Waals surface area contributed by atoms with Crippen LogP contribution in [0.25, 0.3) is 0 Å². The number of ether oxygens (including phenoxy) is 1. The second kappa shape index (κ2) is 10.3. The van der Waals surface area contributed by atoms with Gasteiger partial charge >= 0.3 is 5.97 Å². The highest BCUT2D eigenvalue weighted by Gasteiger charge is 2.41. The first-order chi connectivity index (χ1) is 16.0. The zero-order valence-corrected chi connectivity index (χ0v) is 19.9. The molecular weight excluding hydrogens is 458 g/mol. The monoisotopic (exact) mass is 481 g/mol. The molecule has 33 heavy (non-hydrogen) atoms. The van der Waals surface area contributed by atoms with Crippen molar-refractivity contribution >= 4 is 40.4 Å². The molecule has 0 saturated heterocycles. The molecular formula is C25H24ClN3O3S. The number of hydrogen-bond acceptors (Lipinski definition) is 6. The van der Waals surface area contributed by atoms with Crippen LogP contribution in [-0.4, -0.2) is 28.5 Å². The van der Waals surface area contributed by atoms with Crippen LogP contribution in [0.15, 0.2) is 82.0 Å². The first kappa shape index (κ1) is 23.1. The average molecular weight is 482 g/mol. The fourth-order valence-electron chi connectivity index (χ4n) is 3.85. The van der Waals surface area contributed by atoms with Crippen LogP contribution in [0.1, 0.15) is 37.4 Å². The molecule has 1 unspecified atom stereocenters. The number of nitrogens with zero attached hydrogens (tertiary/aromatic N) is 2. The smallest absolute Gasteiger partial charge is 0.338 e. The summed E-state index contributed by atoms with van der Waals surface area (Å²) in [4.78, 5) is 32.3. The minimum atomic E-state index is -0.504. The number of allylic oxidation sites excluding steroid dienone is 1. The van der Waals surface area contributed by atoms with E-state index in [1.165, 1.54) is 11.8 Å². The van der Waals surface area contributed by atoms with Crippen LogP contribution in [0.2, 0.25) is 5.02 Å². The highest BCUT2D eigenvalue weighted by molar-refractivity contribution is 8.16. The van der Waals surface area contributed by atoms with Crippen molar-refractivity contribution in [2.24, 2.45) is 4.99 Å². The molecule has 0 radical (unpaired) electrons. The number of benzene rings is 2. The first-order valence-electron chi connectivity index (χ1n) is 10.7. The maximum Gasteiger partial charge on any atom is 0.338 e. The molecule has 0 aromatic heterocycles. The Morgan fingerprint density at radius 1 is 1.18 bits per heavy atom. The molecule has 170 valence electrons. The van der Waals surface area contributed by atoms with Crippen molar-refractivity contribution in [1.82, 2.24) is 10.2 Å². The zero-order chi connectivity index (χ0) is 23.4. The number of thioether (sulfide) groups is 1. The molecule has 2 heterocycles. The van der Waals surface area contributed by atoms with Crippen LogP contribution in [-0.2, 0) is 20.9 Å². The lowest BCUT2D eigenvalue weighted by Crippen LogP contribution is -2.38. The molecule has 1 N–H and O–H groups in total. The summed E-state index contributed by atoms with van der Waals surface area (Å²) in [6.45, 7) is 4.40. The van der Waals surface area contributed by atoms with E-state index in [2.05, 4.69) is 10.3 Å². The van der Waals surface area contributed by atoms with Crippen molar-refractivity contribution in [2.75, 3.05) is 6.54 Å². The van der Waals surface area contributed by atoms with E-state index < -0.39 is 12.0 Å². The lowest BCUT2D eigenvalue weighted by Gasteiger charge is -2.36. The van der Waals surface area contributed by atoms with Crippen LogP contribution < -0.4 is 5.32 Å². The topological polar surface area (TPSA) is 71.0 Å². The Labute approximate surface area is 202 Å². The molecule has 4 rings (SSSR count). The number of halogens is 1. The Morgan fingerprint density at radius 2 is 1.97 bits per heavy atom. The number of esters is 1. The SMILES string of the molecule is CCNC(=O)CC1=CSC2=NC(C)=C(C(=O)OCc3ccccc3)C(c3cccc(Cl)c3)N12. The number of carbonyl (C=O) groups is 2. The third kappa shape index (κ3) is 5.15. The second-order valence-electron chi connectivity index (χ2n) is 7.64. The van der Waals surface area contributed by atoms with Crippen molar-refractivity contribution in [3.8, 4) is 0 Å². The number of nitrogens with one attached hydrogen (secondary N) is 1. The Morgan fingerprint density at radius 3 is 2.70 bits per heavy atom. The molecule has 0 spiro atoms. The Kier molecular flexibility index (Phi) is 7.20. The maximum absolute atomic E-state index is 13.4. The molecule has 2 aromatic rings. The maximum atomic E-state index is 13.4. The predicted octanol–water partition coefficient (Wildman–Crippen LogP) is 5.18. The standard InChI is InChI=1S/C25H24ClN3O3S/c1-3-27-21(30)13-20-15-33-25-28-16(2)22(24(31)32-14-17-8-5-4-6-9-17)23(29(20)25)18-10-7-11-19(26)12-18/h4-12,15,23H,3,13-14H2,1-2H3,(H,27,30). The van der Waals surface area contributed by atoms with Gasteiger partial charge in [-0.15, -0.1) is 0 Å². The molecule has 0 bridgehead atoms. The molecule has 6 nitrogen and oxygen atoms in total. The lowest BCUT2D eigenvalue weighted by atomic mass is 9.94. The van der Waals surface area contributed by atoms with Crippen LogP contribution in [0.3, 0.4) is 0 Å². The minimum absolute atomic E-state index is 0.0880. The van der Waals surface area contributed by atoms with E-state index in [0.717, 1.165) is 22.0 Å². The van der Waals surface area contributed by atoms with E-state index in [1.54, 1.807) is 6.07 Å². The quantitative estimate of drug-likeness (QED) is 0.551. The summed E-state index contributed by atoms with van der Waals surface area (Å²) in [7, 11) is 0. The third-order valence-electron chi connectivity index (χ3n) is 5.31. The van der Waals surface area contributed by atoms with Gasteiger partial charge in [-0.2, -0.15) is 0 Å². The molecule has 0 saturated carbocycles. The number of aliphatic imine (C=N–C) groups is 1. The highest BCUT2D eigenvalue weighted by Crippen LogP contribution is 2.45. The largest absolute Gasteiger partial charge is 0.457 e. The lowest BCUT2D eigenvalue weighted by molar-refractivity contribution is -0.141. The van der Waals surface area contributed by atoms with Gasteiger partial charge in [0, 0.05) is 17.3 Å². The van der Waals surface area contributed by atoms with Crippen LogP contribution >= 0.6 is 23.4 Å². The van der Waals surface area contributed by atoms with E-state index in [4.69, 9.17) is 16.3 Å². The zero-order valence-electron chi connectivity index (χ0n) is 18.4. The van der Waals surface area contributed by atoms with Crippen molar-refractivity contribution in [3.05, 3.63) is 93.1 Å². The number of hydrogen-bond donors (Lipinski definition) is 1. The van der Waals surface area contributed by atoms with Gasteiger partial charge in [0.1, 0.15) is 6.61 Å². The summed E-state index contributed by atoms with van der Waals surface area (Å²) in [5.41, 5.74) is 3.52. The Hall–Kier alpha value is -3.03. The van der Waals surface area contributed by atoms with Crippen LogP contribution in [0.4, 0.5) is 0 Å². The number of amides is 1. The fourth-order valence-corrected chi connectivity index (χ4v) is 5.01. The Balaban J connectivity index is 1.69. The summed E-state index contributed by atoms with van der Waals surface area (Å²) in [6, 6.07) is 16.4. The number of rotatable bonds is 7. The van der Waals surface area contributed by atoms with Gasteiger partial charge in [-0.3, -0.25) is 4.79 Å². The van der Waals surface area contributed by atoms with Crippen molar-refractivity contribution < 1.29 is 14.3 Å². The van der Waals surface area contributed by atoms with E-state index in [-0.39, 0.29) is 18.9 Å². The summed E-state index contributed by atoms with van der Waals surface area (Å²) in [6.07, 6.45) is 0.183. The van der Waals surface area contributed by atoms with Gasteiger partial charge in [0.2, 0.25) is 5.91 Å². The van der Waals surface area contributed by atoms with Crippen molar-refractivity contribution in [3.63, 3.8) is 0 Å². The van der Waals surface area contributed by atoms with E-state index in [9.17, 15) is 9.59 Å². The molecule has 8 heteroatoms. The van der Waals surface area contributed by atoms with Gasteiger partial charge in [0.05, 0.1) is 23.7 Å². The predicted molar refractivity (Wildman–Crippen MR) is 131 cm³/mol.